The van der Waals surface area contributed by atoms with Crippen LogP contribution in [0.3, 0.4) is 0 Å². The summed E-state index contributed by atoms with van der Waals surface area (Å²) in [7, 11) is 0. The summed E-state index contributed by atoms with van der Waals surface area (Å²) in [5, 5.41) is 7.19. The van der Waals surface area contributed by atoms with Gasteiger partial charge in [-0.15, -0.1) is 0 Å². The Morgan fingerprint density at radius 2 is 1.94 bits per heavy atom. The second-order valence-corrected chi connectivity index (χ2v) is 9.21. The van der Waals surface area contributed by atoms with E-state index in [1.807, 2.05) is 0 Å². The van der Waals surface area contributed by atoms with Crippen molar-refractivity contribution < 1.29 is 36.6 Å². The van der Waals surface area contributed by atoms with Crippen molar-refractivity contribution in [2.45, 2.75) is 44.3 Å². The monoisotopic (exact) mass is 518 g/mol. The first-order valence-electron chi connectivity index (χ1n) is 10.3. The summed E-state index contributed by atoms with van der Waals surface area (Å²) in [6.45, 7) is 3.47. The molecule has 2 amide bonds. The molecular formula is C22H23ClF4N4O4. The number of nitrogens with zero attached hydrogens (tertiary/aromatic N) is 1. The Balaban J connectivity index is 1.90. The van der Waals surface area contributed by atoms with Crippen molar-refractivity contribution in [3.63, 3.8) is 0 Å². The number of ether oxygens (including phenoxy) is 2. The highest BCUT2D eigenvalue weighted by molar-refractivity contribution is 6.30. The molecule has 1 aromatic carbocycles. The number of alkyl carbamates (subject to hydrolysis) is 1. The molecule has 0 bridgehead atoms. The Kier molecular flexibility index (Phi) is 7.58. The predicted molar refractivity (Wildman–Crippen MR) is 118 cm³/mol. The van der Waals surface area contributed by atoms with Gasteiger partial charge in [-0.05, 0) is 51.1 Å². The van der Waals surface area contributed by atoms with Gasteiger partial charge in [0.1, 0.15) is 23.3 Å². The van der Waals surface area contributed by atoms with Crippen LogP contribution in [0, 0.1) is 5.82 Å². The highest BCUT2D eigenvalue weighted by Crippen LogP contribution is 2.43. The molecule has 2 unspecified atom stereocenters. The number of halogens is 5. The molecule has 2 aromatic rings. The third kappa shape index (κ3) is 6.38. The van der Waals surface area contributed by atoms with Crippen LogP contribution in [-0.4, -0.2) is 48.1 Å². The maximum absolute atomic E-state index is 14.8. The van der Waals surface area contributed by atoms with Crippen LogP contribution in [0.15, 0.2) is 36.5 Å². The van der Waals surface area contributed by atoms with E-state index in [9.17, 15) is 27.2 Å². The largest absolute Gasteiger partial charge is 0.444 e. The lowest BCUT2D eigenvalue weighted by atomic mass is 9.87. The lowest BCUT2D eigenvalue weighted by molar-refractivity contribution is -0.234. The summed E-state index contributed by atoms with van der Waals surface area (Å²) in [5.41, 5.74) is -4.92. The van der Waals surface area contributed by atoms with E-state index in [1.165, 1.54) is 18.3 Å². The Hall–Kier alpha value is -2.96. The van der Waals surface area contributed by atoms with Gasteiger partial charge in [-0.3, -0.25) is 10.1 Å². The molecule has 3 rings (SSSR count). The topological polar surface area (TPSA) is 102 Å². The maximum atomic E-state index is 14.8. The van der Waals surface area contributed by atoms with E-state index in [0.717, 1.165) is 18.2 Å². The van der Waals surface area contributed by atoms with Crippen LogP contribution in [0.5, 0.6) is 0 Å². The second-order valence-electron chi connectivity index (χ2n) is 8.77. The lowest BCUT2D eigenvalue weighted by Gasteiger charge is -2.43. The number of hydrogen-bond acceptors (Lipinski definition) is 6. The zero-order valence-corrected chi connectivity index (χ0v) is 19.7. The minimum atomic E-state index is -5.05. The fourth-order valence-electron chi connectivity index (χ4n) is 3.35. The zero-order chi connectivity index (χ0) is 26.0. The molecule has 35 heavy (non-hydrogen) atoms. The van der Waals surface area contributed by atoms with Crippen LogP contribution in [0.2, 0.25) is 5.02 Å². The van der Waals surface area contributed by atoms with Crippen LogP contribution >= 0.6 is 11.6 Å². The highest BCUT2D eigenvalue weighted by Gasteiger charge is 2.60. The summed E-state index contributed by atoms with van der Waals surface area (Å²) >= 11 is 5.74. The Bertz CT molecular complexity index is 1090. The standard InChI is InChI=1S/C22H23ClF4N4O4/c1-20(2,3)35-19(33)30-17-10-34-11-21(31-17,22(25,26)27)14-8-13(5-6-15(14)24)29-18(32)16-7-4-12(23)9-28-16/h4-9,17,31H,10-11H2,1-3H3,(H,29,32)(H,30,33). The average Bonchev–Trinajstić information content (AvgIpc) is 2.73. The van der Waals surface area contributed by atoms with Crippen LogP contribution in [-0.2, 0) is 15.0 Å². The van der Waals surface area contributed by atoms with Crippen molar-refractivity contribution in [2.75, 3.05) is 18.5 Å². The average molecular weight is 519 g/mol. The molecule has 13 heteroatoms. The number of nitrogens with one attached hydrogen (secondary N) is 3. The molecule has 0 aliphatic carbocycles. The zero-order valence-electron chi connectivity index (χ0n) is 18.9. The van der Waals surface area contributed by atoms with Gasteiger partial charge in [0.2, 0.25) is 0 Å². The van der Waals surface area contributed by atoms with Gasteiger partial charge in [-0.2, -0.15) is 13.2 Å². The van der Waals surface area contributed by atoms with E-state index >= 15 is 0 Å². The first kappa shape index (κ1) is 26.6. The van der Waals surface area contributed by atoms with Gasteiger partial charge in [0.15, 0.2) is 5.54 Å². The van der Waals surface area contributed by atoms with Gasteiger partial charge in [0, 0.05) is 17.4 Å². The molecule has 0 spiro atoms. The molecule has 0 saturated carbocycles. The number of anilines is 1. The van der Waals surface area contributed by atoms with E-state index in [1.54, 1.807) is 20.8 Å². The summed E-state index contributed by atoms with van der Waals surface area (Å²) < 4.78 is 68.1. The molecule has 3 N–H and O–H groups in total. The van der Waals surface area contributed by atoms with Crippen molar-refractivity contribution in [3.05, 3.63) is 58.6 Å². The number of carbonyl (C=O) groups excluding carboxylic acids is 2. The van der Waals surface area contributed by atoms with Crippen molar-refractivity contribution >= 4 is 29.3 Å². The molecule has 2 heterocycles. The van der Waals surface area contributed by atoms with Crippen LogP contribution in [0.4, 0.5) is 28.0 Å². The minimum Gasteiger partial charge on any atom is -0.444 e. The van der Waals surface area contributed by atoms with Gasteiger partial charge in [0.25, 0.3) is 5.91 Å². The fourth-order valence-corrected chi connectivity index (χ4v) is 3.46. The van der Waals surface area contributed by atoms with E-state index in [2.05, 4.69) is 20.9 Å². The predicted octanol–water partition coefficient (Wildman–Crippen LogP) is 4.35. The third-order valence-electron chi connectivity index (χ3n) is 4.84. The van der Waals surface area contributed by atoms with Crippen LogP contribution in [0.1, 0.15) is 36.8 Å². The quantitative estimate of drug-likeness (QED) is 0.520. The van der Waals surface area contributed by atoms with E-state index in [0.29, 0.717) is 0 Å². The summed E-state index contributed by atoms with van der Waals surface area (Å²) in [6, 6.07) is 5.49. The second kappa shape index (κ2) is 9.96. The highest BCUT2D eigenvalue weighted by atomic mass is 35.5. The van der Waals surface area contributed by atoms with Crippen molar-refractivity contribution in [1.82, 2.24) is 15.6 Å². The molecule has 0 radical (unpaired) electrons. The van der Waals surface area contributed by atoms with E-state index in [4.69, 9.17) is 21.1 Å². The van der Waals surface area contributed by atoms with Gasteiger partial charge in [-0.25, -0.2) is 14.2 Å². The van der Waals surface area contributed by atoms with Crippen molar-refractivity contribution in [1.29, 1.82) is 0 Å². The van der Waals surface area contributed by atoms with E-state index in [-0.39, 0.29) is 23.0 Å². The smallest absolute Gasteiger partial charge is 0.413 e. The SMILES string of the molecule is CC(C)(C)OC(=O)NC1COCC(c2cc(NC(=O)c3ccc(Cl)cn3)ccc2F)(C(F)(F)F)N1. The normalized spacial score (nSPS) is 20.7. The molecule has 1 aliphatic rings. The number of amides is 2. The Morgan fingerprint density at radius 1 is 1.23 bits per heavy atom. The number of benzene rings is 1. The first-order valence-corrected chi connectivity index (χ1v) is 10.7. The summed E-state index contributed by atoms with van der Waals surface area (Å²) in [5.74, 6) is -1.93. The number of rotatable bonds is 4. The molecule has 1 aromatic heterocycles. The third-order valence-corrected chi connectivity index (χ3v) is 5.07. The molecular weight excluding hydrogens is 496 g/mol. The molecule has 1 fully saturated rings. The molecule has 1 aliphatic heterocycles. The van der Waals surface area contributed by atoms with Crippen molar-refractivity contribution in [2.24, 2.45) is 0 Å². The molecule has 1 saturated heterocycles. The van der Waals surface area contributed by atoms with E-state index < -0.39 is 53.5 Å². The minimum absolute atomic E-state index is 0.0495. The number of morpholine rings is 1. The number of hydrogen-bond donors (Lipinski definition) is 3. The molecule has 8 nitrogen and oxygen atoms in total. The van der Waals surface area contributed by atoms with Crippen molar-refractivity contribution in [3.8, 4) is 0 Å². The number of aromatic nitrogens is 1. The molecule has 2 atom stereocenters. The lowest BCUT2D eigenvalue weighted by Crippen LogP contribution is -2.68. The summed E-state index contributed by atoms with van der Waals surface area (Å²) in [4.78, 5) is 28.3. The molecule has 190 valence electrons. The van der Waals surface area contributed by atoms with Gasteiger partial charge in [0.05, 0.1) is 18.2 Å². The fraction of sp³-hybridized carbons (Fsp3) is 0.409. The van der Waals surface area contributed by atoms with Gasteiger partial charge >= 0.3 is 12.3 Å². The van der Waals surface area contributed by atoms with Gasteiger partial charge < -0.3 is 20.1 Å². The van der Waals surface area contributed by atoms with Crippen LogP contribution in [0.25, 0.3) is 0 Å². The first-order chi connectivity index (χ1) is 16.2. The maximum Gasteiger partial charge on any atom is 0.413 e. The van der Waals surface area contributed by atoms with Gasteiger partial charge in [-0.1, -0.05) is 11.6 Å². The Labute approximate surface area is 203 Å². The summed E-state index contributed by atoms with van der Waals surface area (Å²) in [6.07, 6.45) is -6.15. The number of pyridine rings is 1. The number of carbonyl (C=O) groups is 2. The number of alkyl halides is 3. The Morgan fingerprint density at radius 3 is 2.54 bits per heavy atom. The van der Waals surface area contributed by atoms with Crippen LogP contribution < -0.4 is 16.0 Å².